The third-order valence-electron chi connectivity index (χ3n) is 4.27. The summed E-state index contributed by atoms with van der Waals surface area (Å²) in [6, 6.07) is 12.6. The van der Waals surface area contributed by atoms with Crippen molar-refractivity contribution in [3.8, 4) is 11.1 Å². The van der Waals surface area contributed by atoms with Gasteiger partial charge in [-0.2, -0.15) is 17.6 Å². The van der Waals surface area contributed by atoms with Crippen LogP contribution in [0.2, 0.25) is 5.02 Å². The van der Waals surface area contributed by atoms with E-state index < -0.39 is 29.2 Å². The molecule has 1 N–H and O–H groups in total. The van der Waals surface area contributed by atoms with Gasteiger partial charge in [0.05, 0.1) is 11.1 Å². The number of hydrogen-bond donors (Lipinski definition) is 1. The van der Waals surface area contributed by atoms with Crippen molar-refractivity contribution >= 4 is 17.5 Å². The van der Waals surface area contributed by atoms with E-state index in [0.29, 0.717) is 17.0 Å². The van der Waals surface area contributed by atoms with Crippen molar-refractivity contribution in [1.29, 1.82) is 0 Å². The van der Waals surface area contributed by atoms with Crippen LogP contribution in [0.15, 0.2) is 60.8 Å². The number of carbonyl (C=O) groups excluding carboxylic acids is 1. The Kier molecular flexibility index (Phi) is 6.17. The number of amides is 1. The number of nitrogens with zero attached hydrogens (tertiary/aromatic N) is 1. The summed E-state index contributed by atoms with van der Waals surface area (Å²) in [6.45, 7) is 0.113. The molecule has 0 radical (unpaired) electrons. The van der Waals surface area contributed by atoms with Gasteiger partial charge in [0.2, 0.25) is 5.95 Å². The molecule has 0 bridgehead atoms. The van der Waals surface area contributed by atoms with Crippen molar-refractivity contribution in [2.45, 2.75) is 12.6 Å². The van der Waals surface area contributed by atoms with Crippen molar-refractivity contribution in [2.24, 2.45) is 0 Å². The Labute approximate surface area is 169 Å². The van der Waals surface area contributed by atoms with Crippen LogP contribution in [0.1, 0.15) is 21.5 Å². The molecule has 3 rings (SSSR count). The van der Waals surface area contributed by atoms with E-state index >= 15 is 0 Å². The molecule has 0 fully saturated rings. The summed E-state index contributed by atoms with van der Waals surface area (Å²) in [5.41, 5.74) is 0.749. The van der Waals surface area contributed by atoms with Crippen LogP contribution in [0.25, 0.3) is 11.1 Å². The van der Waals surface area contributed by atoms with Gasteiger partial charge >= 0.3 is 6.18 Å². The molecule has 1 aromatic heterocycles. The number of halogens is 5. The maximum atomic E-state index is 13.0. The van der Waals surface area contributed by atoms with Crippen molar-refractivity contribution in [1.82, 2.24) is 10.3 Å². The molecular formula is C21H15ClF4N2O. The van der Waals surface area contributed by atoms with Crippen LogP contribution < -0.4 is 5.32 Å². The van der Waals surface area contributed by atoms with E-state index in [2.05, 4.69) is 10.3 Å². The molecule has 0 aliphatic heterocycles. The first-order valence-electron chi connectivity index (χ1n) is 8.60. The zero-order chi connectivity index (χ0) is 21.0. The highest BCUT2D eigenvalue weighted by Crippen LogP contribution is 2.31. The fourth-order valence-corrected chi connectivity index (χ4v) is 3.09. The topological polar surface area (TPSA) is 42.0 Å². The van der Waals surface area contributed by atoms with Gasteiger partial charge in [-0.05, 0) is 47.9 Å². The van der Waals surface area contributed by atoms with E-state index in [4.69, 9.17) is 11.6 Å². The van der Waals surface area contributed by atoms with Crippen molar-refractivity contribution in [3.05, 3.63) is 88.5 Å². The Morgan fingerprint density at radius 1 is 1.03 bits per heavy atom. The molecule has 0 atom stereocenters. The number of aromatic nitrogens is 1. The molecule has 8 heteroatoms. The molecule has 3 nitrogen and oxygen atoms in total. The number of nitrogens with one attached hydrogen (secondary N) is 1. The van der Waals surface area contributed by atoms with Crippen molar-refractivity contribution in [2.75, 3.05) is 6.54 Å². The number of hydrogen-bond acceptors (Lipinski definition) is 2. The number of rotatable bonds is 5. The van der Waals surface area contributed by atoms with E-state index in [9.17, 15) is 22.4 Å². The van der Waals surface area contributed by atoms with Crippen molar-refractivity contribution in [3.63, 3.8) is 0 Å². The van der Waals surface area contributed by atoms with Gasteiger partial charge in [0.15, 0.2) is 0 Å². The predicted octanol–water partition coefficient (Wildman–Crippen LogP) is 5.53. The van der Waals surface area contributed by atoms with Gasteiger partial charge in [0.1, 0.15) is 0 Å². The number of alkyl halides is 3. The van der Waals surface area contributed by atoms with E-state index in [0.717, 1.165) is 23.3 Å². The third kappa shape index (κ3) is 5.12. The minimum atomic E-state index is -4.61. The molecule has 0 unspecified atom stereocenters. The lowest BCUT2D eigenvalue weighted by molar-refractivity contribution is -0.137. The molecule has 0 saturated carbocycles. The first-order valence-corrected chi connectivity index (χ1v) is 8.98. The Hall–Kier alpha value is -2.93. The summed E-state index contributed by atoms with van der Waals surface area (Å²) in [5, 5.41) is 2.92. The first-order chi connectivity index (χ1) is 13.8. The fourth-order valence-electron chi connectivity index (χ4n) is 2.81. The van der Waals surface area contributed by atoms with Gasteiger partial charge < -0.3 is 5.32 Å². The molecule has 0 spiro atoms. The Balaban J connectivity index is 1.65. The largest absolute Gasteiger partial charge is 0.417 e. The minimum Gasteiger partial charge on any atom is -0.352 e. The second-order valence-electron chi connectivity index (χ2n) is 6.23. The average molecular weight is 423 g/mol. The predicted molar refractivity (Wildman–Crippen MR) is 102 cm³/mol. The maximum Gasteiger partial charge on any atom is 0.417 e. The number of benzene rings is 2. The van der Waals surface area contributed by atoms with E-state index in [1.54, 1.807) is 24.3 Å². The quantitative estimate of drug-likeness (QED) is 0.434. The summed E-state index contributed by atoms with van der Waals surface area (Å²) in [6.07, 6.45) is -2.89. The molecule has 1 heterocycles. The zero-order valence-corrected chi connectivity index (χ0v) is 15.7. The van der Waals surface area contributed by atoms with Gasteiger partial charge in [-0.15, -0.1) is 0 Å². The van der Waals surface area contributed by atoms with Crippen LogP contribution >= 0.6 is 11.6 Å². The van der Waals surface area contributed by atoms with E-state index in [-0.39, 0.29) is 6.54 Å². The smallest absolute Gasteiger partial charge is 0.352 e. The third-order valence-corrected chi connectivity index (χ3v) is 4.62. The fraction of sp³-hybridized carbons (Fsp3) is 0.143. The lowest BCUT2D eigenvalue weighted by Crippen LogP contribution is -2.28. The summed E-state index contributed by atoms with van der Waals surface area (Å²) in [5.74, 6) is -1.39. The Morgan fingerprint density at radius 3 is 2.41 bits per heavy atom. The Bertz CT molecular complexity index is 1020. The molecule has 0 aliphatic rings. The highest BCUT2D eigenvalue weighted by Gasteiger charge is 2.34. The first kappa shape index (κ1) is 20.8. The molecule has 29 heavy (non-hydrogen) atoms. The van der Waals surface area contributed by atoms with E-state index in [1.807, 2.05) is 0 Å². The molecule has 0 aliphatic carbocycles. The van der Waals surface area contributed by atoms with Gasteiger partial charge in [-0.25, -0.2) is 4.98 Å². The zero-order valence-electron chi connectivity index (χ0n) is 14.9. The maximum absolute atomic E-state index is 13.0. The number of carbonyl (C=O) groups is 1. The molecule has 150 valence electrons. The van der Waals surface area contributed by atoms with E-state index in [1.165, 1.54) is 24.4 Å². The summed E-state index contributed by atoms with van der Waals surface area (Å²) in [4.78, 5) is 15.8. The molecule has 2 aromatic carbocycles. The van der Waals surface area contributed by atoms with Crippen LogP contribution in [0.3, 0.4) is 0 Å². The average Bonchev–Trinajstić information content (AvgIpc) is 2.69. The summed E-state index contributed by atoms with van der Waals surface area (Å²) >= 11 is 6.27. The standard InChI is InChI=1S/C21H15ClF4N2O/c22-18-11-14(15-7-8-19(23)28-12-15)6-5-13(18)9-10-27-20(29)16-3-1-2-4-17(16)21(24,25)26/h1-8,11-12H,9-10H2,(H,27,29). The van der Waals surface area contributed by atoms with Gasteiger partial charge in [-0.1, -0.05) is 35.9 Å². The lowest BCUT2D eigenvalue weighted by atomic mass is 10.0. The van der Waals surface area contributed by atoms with Crippen LogP contribution in [-0.2, 0) is 12.6 Å². The SMILES string of the molecule is O=C(NCCc1ccc(-c2ccc(F)nc2)cc1Cl)c1ccccc1C(F)(F)F. The van der Waals surface area contributed by atoms with Crippen molar-refractivity contribution < 1.29 is 22.4 Å². The summed E-state index contributed by atoms with van der Waals surface area (Å²) < 4.78 is 52.0. The normalized spacial score (nSPS) is 11.3. The van der Waals surface area contributed by atoms with Crippen LogP contribution in [0.4, 0.5) is 17.6 Å². The molecular weight excluding hydrogens is 408 g/mol. The van der Waals surface area contributed by atoms with Crippen LogP contribution in [0.5, 0.6) is 0 Å². The minimum absolute atomic E-state index is 0.113. The Morgan fingerprint density at radius 2 is 1.76 bits per heavy atom. The molecule has 0 saturated heterocycles. The monoisotopic (exact) mass is 422 g/mol. The second kappa shape index (κ2) is 8.61. The highest BCUT2D eigenvalue weighted by atomic mass is 35.5. The van der Waals surface area contributed by atoms with Gasteiger partial charge in [-0.3, -0.25) is 4.79 Å². The second-order valence-corrected chi connectivity index (χ2v) is 6.63. The van der Waals surface area contributed by atoms with Crippen LogP contribution in [0, 0.1) is 5.95 Å². The van der Waals surface area contributed by atoms with Crippen LogP contribution in [-0.4, -0.2) is 17.4 Å². The molecule has 1 amide bonds. The molecule has 3 aromatic rings. The van der Waals surface area contributed by atoms with Gasteiger partial charge in [0.25, 0.3) is 5.91 Å². The lowest BCUT2D eigenvalue weighted by Gasteiger charge is -2.13. The highest BCUT2D eigenvalue weighted by molar-refractivity contribution is 6.31. The number of pyridine rings is 1. The van der Waals surface area contributed by atoms with Gasteiger partial charge in [0, 0.05) is 23.3 Å². The summed E-state index contributed by atoms with van der Waals surface area (Å²) in [7, 11) is 0.